The van der Waals surface area contributed by atoms with Crippen LogP contribution in [0.25, 0.3) is 0 Å². The third-order valence-corrected chi connectivity index (χ3v) is 6.99. The highest BCUT2D eigenvalue weighted by Gasteiger charge is 2.48. The van der Waals surface area contributed by atoms with Crippen LogP contribution in [0.4, 0.5) is 0 Å². The van der Waals surface area contributed by atoms with Crippen molar-refractivity contribution in [3.05, 3.63) is 53.3 Å². The molecular weight excluding hydrogens is 430 g/mol. The number of unbranched alkanes of at least 4 members (excludes halogenated alkanes) is 1. The van der Waals surface area contributed by atoms with Crippen molar-refractivity contribution < 1.29 is 14.4 Å². The zero-order chi connectivity index (χ0) is 24.1. The molecule has 1 aliphatic carbocycles. The van der Waals surface area contributed by atoms with E-state index in [1.54, 1.807) is 11.0 Å². The van der Waals surface area contributed by atoms with Crippen LogP contribution in [0, 0.1) is 0 Å². The number of aromatic nitrogens is 2. The van der Waals surface area contributed by atoms with Crippen LogP contribution < -0.4 is 10.6 Å². The van der Waals surface area contributed by atoms with Crippen molar-refractivity contribution in [1.82, 2.24) is 25.3 Å². The highest BCUT2D eigenvalue weighted by Crippen LogP contribution is 2.29. The van der Waals surface area contributed by atoms with Gasteiger partial charge in [-0.25, -0.2) is 0 Å². The van der Waals surface area contributed by atoms with E-state index in [0.717, 1.165) is 44.1 Å². The first kappa shape index (κ1) is 24.0. The molecule has 8 nitrogen and oxygen atoms in total. The summed E-state index contributed by atoms with van der Waals surface area (Å²) in [6.45, 7) is 5.08. The molecule has 1 aromatic heterocycles. The molecule has 8 heteroatoms. The van der Waals surface area contributed by atoms with E-state index in [4.69, 9.17) is 0 Å². The lowest BCUT2D eigenvalue weighted by atomic mass is 9.94. The van der Waals surface area contributed by atoms with Crippen molar-refractivity contribution in [2.24, 2.45) is 0 Å². The Morgan fingerprint density at radius 2 is 1.91 bits per heavy atom. The van der Waals surface area contributed by atoms with Gasteiger partial charge in [0.05, 0.1) is 6.54 Å². The van der Waals surface area contributed by atoms with Crippen LogP contribution in [0.15, 0.2) is 36.4 Å². The first-order valence-corrected chi connectivity index (χ1v) is 12.5. The van der Waals surface area contributed by atoms with Gasteiger partial charge in [0.1, 0.15) is 11.2 Å². The Bertz CT molecular complexity index is 1030. The summed E-state index contributed by atoms with van der Waals surface area (Å²) in [6, 6.07) is 11.6. The standard InChI is InChI=1S/C26H35N5O3/c1-3-4-16-30-24(33)22-17-21(23(32)27-15-14-19-10-6-5-7-11-19)29-31(22)18-26(30,2)25(34)28-20-12-8-9-13-20/h5-7,10-11,17,20H,3-4,8-9,12-16,18H2,1-2H3,(H,27,32)(H,28,34)/t26-/m0/s1. The Morgan fingerprint density at radius 1 is 1.18 bits per heavy atom. The quantitative estimate of drug-likeness (QED) is 0.595. The normalized spacial score (nSPS) is 20.3. The Morgan fingerprint density at radius 3 is 2.62 bits per heavy atom. The molecule has 1 saturated carbocycles. The van der Waals surface area contributed by atoms with Gasteiger partial charge in [-0.2, -0.15) is 5.10 Å². The van der Waals surface area contributed by atoms with Crippen LogP contribution in [0.1, 0.15) is 78.9 Å². The van der Waals surface area contributed by atoms with E-state index in [2.05, 4.69) is 22.7 Å². The molecule has 4 rings (SSSR count). The van der Waals surface area contributed by atoms with Crippen molar-refractivity contribution in [2.75, 3.05) is 13.1 Å². The van der Waals surface area contributed by atoms with Gasteiger partial charge in [-0.05, 0) is 38.2 Å². The highest BCUT2D eigenvalue weighted by molar-refractivity contribution is 6.01. The fourth-order valence-corrected chi connectivity index (χ4v) is 4.89. The van der Waals surface area contributed by atoms with Gasteiger partial charge in [-0.1, -0.05) is 56.5 Å². The maximum Gasteiger partial charge on any atom is 0.273 e. The molecule has 0 bridgehead atoms. The van der Waals surface area contributed by atoms with E-state index in [1.807, 2.05) is 37.3 Å². The van der Waals surface area contributed by atoms with Crippen molar-refractivity contribution in [3.63, 3.8) is 0 Å². The van der Waals surface area contributed by atoms with Crippen molar-refractivity contribution in [3.8, 4) is 0 Å². The lowest BCUT2D eigenvalue weighted by Gasteiger charge is -2.43. The molecule has 1 atom stereocenters. The van der Waals surface area contributed by atoms with Crippen LogP contribution in [0.3, 0.4) is 0 Å². The van der Waals surface area contributed by atoms with E-state index in [-0.39, 0.29) is 36.0 Å². The minimum absolute atomic E-state index is 0.140. The Kier molecular flexibility index (Phi) is 7.34. The number of fused-ring (bicyclic) bond motifs is 1. The molecule has 0 spiro atoms. The average Bonchev–Trinajstić information content (AvgIpc) is 3.49. The maximum atomic E-state index is 13.5. The molecule has 34 heavy (non-hydrogen) atoms. The molecule has 0 radical (unpaired) electrons. The van der Waals surface area contributed by atoms with Gasteiger partial charge in [0.15, 0.2) is 5.69 Å². The number of carbonyl (C=O) groups excluding carboxylic acids is 3. The lowest BCUT2D eigenvalue weighted by Crippen LogP contribution is -2.65. The summed E-state index contributed by atoms with van der Waals surface area (Å²) < 4.78 is 1.53. The number of hydrogen-bond acceptors (Lipinski definition) is 4. The van der Waals surface area contributed by atoms with Crippen LogP contribution >= 0.6 is 0 Å². The fraction of sp³-hybridized carbons (Fsp3) is 0.538. The summed E-state index contributed by atoms with van der Waals surface area (Å²) in [6.07, 6.45) is 6.62. The second kappa shape index (κ2) is 10.4. The zero-order valence-corrected chi connectivity index (χ0v) is 20.2. The van der Waals surface area contributed by atoms with Gasteiger partial charge >= 0.3 is 0 Å². The number of amides is 3. The first-order chi connectivity index (χ1) is 16.4. The summed E-state index contributed by atoms with van der Waals surface area (Å²) in [5.41, 5.74) is 0.648. The second-order valence-electron chi connectivity index (χ2n) is 9.60. The third kappa shape index (κ3) is 5.00. The van der Waals surface area contributed by atoms with Gasteiger partial charge in [0.25, 0.3) is 11.8 Å². The van der Waals surface area contributed by atoms with E-state index >= 15 is 0 Å². The molecule has 1 aromatic carbocycles. The molecule has 0 saturated heterocycles. The SMILES string of the molecule is CCCCN1C(=O)c2cc(C(=O)NCCc3ccccc3)nn2C[C@@]1(C)C(=O)NC1CCCC1. The van der Waals surface area contributed by atoms with Gasteiger partial charge in [0.2, 0.25) is 5.91 Å². The smallest absolute Gasteiger partial charge is 0.273 e. The number of benzene rings is 1. The Labute approximate surface area is 201 Å². The minimum atomic E-state index is -1.05. The third-order valence-electron chi connectivity index (χ3n) is 6.99. The predicted molar refractivity (Wildman–Crippen MR) is 129 cm³/mol. The average molecular weight is 466 g/mol. The molecule has 2 aliphatic rings. The molecular formula is C26H35N5O3. The Hall–Kier alpha value is -3.16. The van der Waals surface area contributed by atoms with Gasteiger partial charge in [-0.3, -0.25) is 19.1 Å². The summed E-state index contributed by atoms with van der Waals surface area (Å²) in [4.78, 5) is 41.3. The van der Waals surface area contributed by atoms with Crippen LogP contribution in [0.5, 0.6) is 0 Å². The molecule has 182 valence electrons. The molecule has 1 aliphatic heterocycles. The number of carbonyl (C=O) groups is 3. The van der Waals surface area contributed by atoms with Crippen LogP contribution in [-0.2, 0) is 17.8 Å². The molecule has 2 N–H and O–H groups in total. The highest BCUT2D eigenvalue weighted by atomic mass is 16.2. The van der Waals surface area contributed by atoms with E-state index in [0.29, 0.717) is 25.2 Å². The number of hydrogen-bond donors (Lipinski definition) is 2. The molecule has 1 fully saturated rings. The zero-order valence-electron chi connectivity index (χ0n) is 20.2. The van der Waals surface area contributed by atoms with Gasteiger partial charge < -0.3 is 15.5 Å². The lowest BCUT2D eigenvalue weighted by molar-refractivity contribution is -0.133. The maximum absolute atomic E-state index is 13.5. The molecule has 2 aromatic rings. The van der Waals surface area contributed by atoms with E-state index < -0.39 is 5.54 Å². The molecule has 0 unspecified atom stereocenters. The van der Waals surface area contributed by atoms with E-state index in [9.17, 15) is 14.4 Å². The van der Waals surface area contributed by atoms with Gasteiger partial charge in [-0.15, -0.1) is 0 Å². The first-order valence-electron chi connectivity index (χ1n) is 12.5. The van der Waals surface area contributed by atoms with Crippen molar-refractivity contribution in [1.29, 1.82) is 0 Å². The van der Waals surface area contributed by atoms with Crippen LogP contribution in [0.2, 0.25) is 0 Å². The molecule has 2 heterocycles. The van der Waals surface area contributed by atoms with Gasteiger partial charge in [0, 0.05) is 25.2 Å². The number of rotatable bonds is 9. The topological polar surface area (TPSA) is 96.3 Å². The summed E-state index contributed by atoms with van der Waals surface area (Å²) in [7, 11) is 0. The number of nitrogens with zero attached hydrogens (tertiary/aromatic N) is 3. The van der Waals surface area contributed by atoms with E-state index in [1.165, 1.54) is 4.68 Å². The fourth-order valence-electron chi connectivity index (χ4n) is 4.89. The van der Waals surface area contributed by atoms with Crippen LogP contribution in [-0.4, -0.2) is 57.1 Å². The second-order valence-corrected chi connectivity index (χ2v) is 9.60. The predicted octanol–water partition coefficient (Wildman–Crippen LogP) is 2.93. The molecule has 3 amide bonds. The largest absolute Gasteiger partial charge is 0.351 e. The monoisotopic (exact) mass is 465 g/mol. The number of nitrogens with one attached hydrogen (secondary N) is 2. The summed E-state index contributed by atoms with van der Waals surface area (Å²) in [5.74, 6) is -0.707. The summed E-state index contributed by atoms with van der Waals surface area (Å²) >= 11 is 0. The summed E-state index contributed by atoms with van der Waals surface area (Å²) in [5, 5.41) is 10.5. The van der Waals surface area contributed by atoms with Crippen molar-refractivity contribution in [2.45, 2.75) is 76.9 Å². The minimum Gasteiger partial charge on any atom is -0.351 e. The Balaban J connectivity index is 1.50. The van der Waals surface area contributed by atoms with Crippen molar-refractivity contribution >= 4 is 17.7 Å².